The van der Waals surface area contributed by atoms with Gasteiger partial charge in [-0.2, -0.15) is 5.26 Å². The molecule has 0 aromatic carbocycles. The minimum absolute atomic E-state index is 0.00455. The average molecular weight is 1530 g/mol. The van der Waals surface area contributed by atoms with Crippen molar-refractivity contribution in [3.63, 3.8) is 0 Å². The molecule has 0 aliphatic rings. The van der Waals surface area contributed by atoms with Crippen LogP contribution in [0.4, 0.5) is 10.2 Å². The third-order valence-electron chi connectivity index (χ3n) is 13.9. The highest BCUT2D eigenvalue weighted by atomic mass is 35.5. The van der Waals surface area contributed by atoms with Crippen LogP contribution in [0.2, 0.25) is 5.02 Å². The molecule has 0 fully saturated rings. The average Bonchev–Trinajstić information content (AvgIpc) is 0.838. The van der Waals surface area contributed by atoms with Crippen LogP contribution in [0.25, 0.3) is 0 Å². The molecule has 0 saturated heterocycles. The number of carbonyl (C=O) groups is 1. The van der Waals surface area contributed by atoms with Crippen molar-refractivity contribution in [1.29, 1.82) is 5.26 Å². The van der Waals surface area contributed by atoms with E-state index >= 15 is 0 Å². The molecule has 9 aromatic rings. The highest BCUT2D eigenvalue weighted by molar-refractivity contribution is 6.30. The number of aromatic nitrogens is 18. The fraction of sp³-hybridized carbons (Fsp3) is 0.537. The summed E-state index contributed by atoms with van der Waals surface area (Å²) < 4.78 is 12.8. The smallest absolute Gasteiger partial charge is 0.367 e. The van der Waals surface area contributed by atoms with Crippen molar-refractivity contribution in [3.05, 3.63) is 218 Å². The van der Waals surface area contributed by atoms with Crippen molar-refractivity contribution in [2.75, 3.05) is 28.2 Å². The molecule has 9 heterocycles. The predicted octanol–water partition coefficient (Wildman–Crippen LogP) is 16.4. The monoisotopic (exact) mass is 1530 g/mol. The maximum absolute atomic E-state index is 12.8. The number of aliphatic hydroxyl groups is 1. The van der Waals surface area contributed by atoms with Crippen LogP contribution in [0, 0.1) is 41.1 Å². The minimum atomic E-state index is -0.517. The topological polar surface area (TPSA) is 343 Å². The number of hydrogen-bond donors (Lipinski definition) is 1. The summed E-state index contributed by atoms with van der Waals surface area (Å²) in [5.74, 6) is 6.30. The number of rotatable bonds is 5. The first kappa shape index (κ1) is 98.2. The summed E-state index contributed by atoms with van der Waals surface area (Å²) >= 11 is 5.64. The van der Waals surface area contributed by atoms with Crippen molar-refractivity contribution in [3.8, 4) is 6.07 Å². The number of carbonyl (C=O) groups excluding carboxylic acids is 1. The molecule has 0 bridgehead atoms. The van der Waals surface area contributed by atoms with Gasteiger partial charge in [-0.3, -0.25) is 4.79 Å². The van der Waals surface area contributed by atoms with Gasteiger partial charge in [0.05, 0.1) is 41.0 Å². The normalized spacial score (nSPS) is 11.5. The van der Waals surface area contributed by atoms with Gasteiger partial charge >= 0.3 is 5.82 Å². The lowest BCUT2D eigenvalue weighted by Crippen LogP contribution is -2.25. The summed E-state index contributed by atoms with van der Waals surface area (Å²) in [6.07, 6.45) is 18.0. The van der Waals surface area contributed by atoms with Crippen LogP contribution in [0.3, 0.4) is 0 Å². The van der Waals surface area contributed by atoms with Crippen molar-refractivity contribution in [2.45, 2.75) is 263 Å². The zero-order chi connectivity index (χ0) is 84.8. The van der Waals surface area contributed by atoms with E-state index in [1.54, 1.807) is 82.6 Å². The maximum Gasteiger partial charge on any atom is 0.367 e. The van der Waals surface area contributed by atoms with Gasteiger partial charge in [-0.1, -0.05) is 199 Å². The standard InChI is InChI=1S/C11H17N3O.C11H19N3.C9H13FN2.C9H11N3.C9H14N2O.C9H14N2.C8H11ClN2.C8H11N3O2.C8H12N2/c1-11(2,3)10-12-7-6-8(13-10)9(15)14(4)5;1-11(2,3)10-12-7-6-9(13-10)8-14(4)5;1-6-7(10)5-11-8(12-6)9(2,3)4;1-9(2,3)8-11-5-4-7(6-10)12-8;1-9(2,3)8-10-5-4-7(6-12)11-8;1-7-5-6-10-8(11-7)9(2,3)4;1-8(2,3)7-10-4-6(9)5-11-7;1-8(2,3)7-9-5-4-6(10-7)11(12)13;1-8(2,3)7-9-5-4-6-10-7/h6-7H,1-5H3;6-7H,8H2,1-5H3;5H,1-4H3;4-5H,1-3H3;4-5,12H,6H2,1-3H3;5-6H,1-4H3;4-5H,1-3H3;4-5H,1-3H3;4-6H,1-3H3. The first-order valence-electron chi connectivity index (χ1n) is 35.9. The van der Waals surface area contributed by atoms with E-state index in [0.29, 0.717) is 51.1 Å². The summed E-state index contributed by atoms with van der Waals surface area (Å²) in [5, 5.41) is 28.4. The summed E-state index contributed by atoms with van der Waals surface area (Å²) in [6.45, 7) is 59.7. The van der Waals surface area contributed by atoms with E-state index in [-0.39, 0.29) is 72.9 Å². The summed E-state index contributed by atoms with van der Waals surface area (Å²) in [6, 6.07) is 13.9. The van der Waals surface area contributed by atoms with E-state index in [1.807, 2.05) is 162 Å². The van der Waals surface area contributed by atoms with E-state index < -0.39 is 4.92 Å². The predicted molar refractivity (Wildman–Crippen MR) is 434 cm³/mol. The van der Waals surface area contributed by atoms with Crippen molar-refractivity contribution >= 4 is 23.3 Å². The molecule has 0 spiro atoms. The molecule has 0 radical (unpaired) electrons. The number of hydrogen-bond acceptors (Lipinski definition) is 24. The minimum Gasteiger partial charge on any atom is -0.390 e. The van der Waals surface area contributed by atoms with Gasteiger partial charge in [-0.25, -0.2) is 89.1 Å². The van der Waals surface area contributed by atoms with Crippen LogP contribution in [0.1, 0.15) is 278 Å². The highest BCUT2D eigenvalue weighted by Gasteiger charge is 2.26. The highest BCUT2D eigenvalue weighted by Crippen LogP contribution is 2.25. The molecule has 1 amide bonds. The lowest BCUT2D eigenvalue weighted by atomic mass is 9.95. The molecule has 110 heavy (non-hydrogen) atoms. The third-order valence-corrected chi connectivity index (χ3v) is 14.1. The van der Waals surface area contributed by atoms with Crippen LogP contribution in [0.5, 0.6) is 0 Å². The molecule has 598 valence electrons. The molecule has 28 heteroatoms. The summed E-state index contributed by atoms with van der Waals surface area (Å²) in [5.41, 5.74) is 3.59. The van der Waals surface area contributed by atoms with E-state index in [1.165, 1.54) is 23.4 Å². The Balaban J connectivity index is 0.000000620. The third kappa shape index (κ3) is 38.5. The second kappa shape index (κ2) is 43.0. The largest absolute Gasteiger partial charge is 0.390 e. The van der Waals surface area contributed by atoms with Gasteiger partial charge in [0.25, 0.3) is 5.91 Å². The first-order valence-corrected chi connectivity index (χ1v) is 36.3. The Kier molecular flexibility index (Phi) is 38.4. The van der Waals surface area contributed by atoms with Crippen molar-refractivity contribution in [2.24, 2.45) is 0 Å². The van der Waals surface area contributed by atoms with E-state index in [9.17, 15) is 19.3 Å². The Morgan fingerprint density at radius 2 is 0.782 bits per heavy atom. The van der Waals surface area contributed by atoms with Crippen LogP contribution < -0.4 is 0 Å². The van der Waals surface area contributed by atoms with Gasteiger partial charge in [0.2, 0.25) is 5.82 Å². The molecular formula is C82H122ClFN22O4. The Morgan fingerprint density at radius 1 is 0.445 bits per heavy atom. The first-order chi connectivity index (χ1) is 50.2. The van der Waals surface area contributed by atoms with Gasteiger partial charge in [-0.15, -0.1) is 0 Å². The SMILES string of the molecule is CC(C)(C)c1ncc(Cl)cn1.CC(C)(C)c1nccc(C#N)n1.CC(C)(C)c1nccc(CO)n1.CC(C)(C)c1nccc([N+](=O)[O-])n1.CC(C)(C)c1ncccn1.CN(C)C(=O)c1ccnc(C(C)(C)C)n1.CN(C)Cc1ccnc(C(C)(C)C)n1.Cc1ccnc(C(C)(C)C)n1.Cc1nc(C(C)(C)C)ncc1F. The second-order valence-electron chi connectivity index (χ2n) is 35.2. The summed E-state index contributed by atoms with van der Waals surface area (Å²) in [7, 11) is 7.50. The molecule has 9 rings (SSSR count). The molecule has 0 aliphatic heterocycles. The number of aryl methyl sites for hydroxylation is 2. The Morgan fingerprint density at radius 3 is 1.15 bits per heavy atom. The fourth-order valence-electron chi connectivity index (χ4n) is 7.69. The number of amides is 1. The quantitative estimate of drug-likeness (QED) is 0.123. The lowest BCUT2D eigenvalue weighted by Gasteiger charge is -2.17. The number of nitro groups is 1. The molecular weight excluding hydrogens is 1410 g/mol. The van der Waals surface area contributed by atoms with Crippen molar-refractivity contribution in [1.82, 2.24) is 99.5 Å². The Bertz CT molecular complexity index is 4310. The van der Waals surface area contributed by atoms with E-state index in [0.717, 1.165) is 47.1 Å². The molecule has 9 aromatic heterocycles. The second-order valence-corrected chi connectivity index (χ2v) is 35.6. The molecule has 26 nitrogen and oxygen atoms in total. The Labute approximate surface area is 659 Å². The van der Waals surface area contributed by atoms with Gasteiger partial charge in [0.1, 0.15) is 64.1 Å². The van der Waals surface area contributed by atoms with Crippen LogP contribution in [-0.4, -0.2) is 144 Å². The van der Waals surface area contributed by atoms with E-state index in [2.05, 4.69) is 178 Å². The van der Waals surface area contributed by atoms with Gasteiger partial charge in [0, 0.05) is 137 Å². The van der Waals surface area contributed by atoms with Crippen molar-refractivity contribution < 1.29 is 19.2 Å². The molecule has 0 atom stereocenters. The van der Waals surface area contributed by atoms with Gasteiger partial charge < -0.3 is 25.0 Å². The van der Waals surface area contributed by atoms with E-state index in [4.69, 9.17) is 22.0 Å². The Hall–Kier alpha value is -9.78. The molecule has 1 N–H and O–H groups in total. The van der Waals surface area contributed by atoms with Crippen LogP contribution in [0.15, 0.2) is 111 Å². The van der Waals surface area contributed by atoms with Crippen LogP contribution in [-0.2, 0) is 61.9 Å². The van der Waals surface area contributed by atoms with Crippen LogP contribution >= 0.6 is 11.6 Å². The number of nitriles is 1. The maximum atomic E-state index is 12.8. The molecule has 0 saturated carbocycles. The molecule has 0 aliphatic carbocycles. The number of halogens is 2. The van der Waals surface area contributed by atoms with Gasteiger partial charge in [-0.05, 0) is 74.2 Å². The number of aliphatic hydroxyl groups excluding tert-OH is 1. The zero-order valence-electron chi connectivity index (χ0n) is 71.6. The molecule has 0 unspecified atom stereocenters. The lowest BCUT2D eigenvalue weighted by molar-refractivity contribution is -0.389. The summed E-state index contributed by atoms with van der Waals surface area (Å²) in [4.78, 5) is 99.7. The number of nitrogens with zero attached hydrogens (tertiary/aromatic N) is 22. The fourth-order valence-corrected chi connectivity index (χ4v) is 7.79. The van der Waals surface area contributed by atoms with Gasteiger partial charge in [0.15, 0.2) is 5.82 Å². The zero-order valence-corrected chi connectivity index (χ0v) is 72.3.